The van der Waals surface area contributed by atoms with E-state index in [2.05, 4.69) is 4.98 Å². The molecule has 0 saturated heterocycles. The van der Waals surface area contributed by atoms with E-state index in [4.69, 9.17) is 0 Å². The minimum atomic E-state index is -1.04. The highest BCUT2D eigenvalue weighted by atomic mass is 16.4. The topological polar surface area (TPSA) is 71.7 Å². The molecule has 0 fully saturated rings. The predicted octanol–water partition coefficient (Wildman–Crippen LogP) is 2.70. The van der Waals surface area contributed by atoms with Crippen LogP contribution in [0.4, 0.5) is 0 Å². The van der Waals surface area contributed by atoms with Crippen molar-refractivity contribution in [2.45, 2.75) is 0 Å². The molecule has 0 saturated carbocycles. The Morgan fingerprint density at radius 3 is 2.45 bits per heavy atom. The zero-order valence-electron chi connectivity index (χ0n) is 11.4. The Morgan fingerprint density at radius 1 is 1.00 bits per heavy atom. The summed E-state index contributed by atoms with van der Waals surface area (Å²) in [6, 6.07) is 15.4. The lowest BCUT2D eigenvalue weighted by Crippen LogP contribution is -2.17. The Balaban J connectivity index is 2.35. The van der Waals surface area contributed by atoms with Crippen LogP contribution in [0.25, 0.3) is 27.5 Å². The van der Waals surface area contributed by atoms with Gasteiger partial charge in [0.05, 0.1) is 22.0 Å². The number of nitrogens with zero attached hydrogens (tertiary/aromatic N) is 2. The summed E-state index contributed by atoms with van der Waals surface area (Å²) in [5, 5.41) is 10.4. The van der Waals surface area contributed by atoms with Crippen molar-refractivity contribution in [1.29, 1.82) is 0 Å². The first-order valence-electron chi connectivity index (χ1n) is 6.73. The van der Waals surface area contributed by atoms with Crippen LogP contribution in [0.1, 0.15) is 10.4 Å². The Morgan fingerprint density at radius 2 is 1.68 bits per heavy atom. The summed E-state index contributed by atoms with van der Waals surface area (Å²) < 4.78 is 1.46. The van der Waals surface area contributed by atoms with Crippen LogP contribution in [0.3, 0.4) is 0 Å². The van der Waals surface area contributed by atoms with Crippen LogP contribution in [0.15, 0.2) is 59.4 Å². The Bertz CT molecular complexity index is 1130. The normalized spacial score (nSPS) is 11.3. The van der Waals surface area contributed by atoms with Gasteiger partial charge >= 0.3 is 5.97 Å². The molecule has 0 spiro atoms. The van der Waals surface area contributed by atoms with Crippen molar-refractivity contribution in [1.82, 2.24) is 9.38 Å². The summed E-state index contributed by atoms with van der Waals surface area (Å²) in [5.74, 6) is -1.04. The van der Waals surface area contributed by atoms with Crippen molar-refractivity contribution in [3.8, 4) is 0 Å². The number of carboxylic acid groups (broad SMARTS) is 1. The van der Waals surface area contributed by atoms with E-state index in [9.17, 15) is 14.7 Å². The number of hydrogen-bond acceptors (Lipinski definition) is 3. The third-order valence-corrected chi connectivity index (χ3v) is 3.74. The van der Waals surface area contributed by atoms with Gasteiger partial charge in [-0.25, -0.2) is 9.78 Å². The quantitative estimate of drug-likeness (QED) is 0.432. The summed E-state index contributed by atoms with van der Waals surface area (Å²) in [7, 11) is 0. The Labute approximate surface area is 124 Å². The fourth-order valence-electron chi connectivity index (χ4n) is 2.76. The average molecular weight is 290 g/mol. The van der Waals surface area contributed by atoms with Crippen LogP contribution in [-0.4, -0.2) is 20.5 Å². The molecule has 2 aromatic heterocycles. The van der Waals surface area contributed by atoms with Crippen LogP contribution in [0.5, 0.6) is 0 Å². The molecule has 2 aromatic carbocycles. The standard InChI is InChI=1S/C17H10N2O3/c20-16-11-6-1-3-7-13(11)18-15-9-12(17(21)22)10-5-2-4-8-14(10)19(15)16/h1-9H,(H,21,22). The number of carbonyl (C=O) groups is 1. The van der Waals surface area contributed by atoms with Crippen LogP contribution < -0.4 is 5.56 Å². The number of fused-ring (bicyclic) bond motifs is 4. The van der Waals surface area contributed by atoms with E-state index < -0.39 is 5.97 Å². The van der Waals surface area contributed by atoms with E-state index in [1.54, 1.807) is 48.5 Å². The molecule has 0 radical (unpaired) electrons. The third-order valence-electron chi connectivity index (χ3n) is 3.74. The molecule has 22 heavy (non-hydrogen) atoms. The monoisotopic (exact) mass is 290 g/mol. The number of carboxylic acids is 1. The fraction of sp³-hybridized carbons (Fsp3) is 0. The van der Waals surface area contributed by atoms with Crippen molar-refractivity contribution < 1.29 is 9.90 Å². The molecule has 106 valence electrons. The van der Waals surface area contributed by atoms with Gasteiger partial charge in [-0.2, -0.15) is 0 Å². The molecule has 2 heterocycles. The van der Waals surface area contributed by atoms with Gasteiger partial charge in [-0.3, -0.25) is 9.20 Å². The first kappa shape index (κ1) is 12.5. The number of aromatic carboxylic acids is 1. The SMILES string of the molecule is O=C(O)c1cc2nc3ccccc3c(=O)n2c2ccccc12. The molecule has 0 atom stereocenters. The second-order valence-corrected chi connectivity index (χ2v) is 5.01. The summed E-state index contributed by atoms with van der Waals surface area (Å²) in [5.41, 5.74) is 1.37. The maximum atomic E-state index is 12.8. The first-order chi connectivity index (χ1) is 10.7. The van der Waals surface area contributed by atoms with Gasteiger partial charge in [-0.15, -0.1) is 0 Å². The van der Waals surface area contributed by atoms with E-state index in [0.29, 0.717) is 27.5 Å². The van der Waals surface area contributed by atoms with Gasteiger partial charge in [0.2, 0.25) is 0 Å². The number of hydrogen-bond donors (Lipinski definition) is 1. The molecule has 4 rings (SSSR count). The lowest BCUT2D eigenvalue weighted by molar-refractivity contribution is 0.0699. The summed E-state index contributed by atoms with van der Waals surface area (Å²) in [6.07, 6.45) is 0. The molecule has 0 aliphatic rings. The summed E-state index contributed by atoms with van der Waals surface area (Å²) in [6.45, 7) is 0. The molecular formula is C17H10N2O3. The number of aromatic nitrogens is 2. The molecule has 0 aliphatic carbocycles. The number of para-hydroxylation sites is 2. The van der Waals surface area contributed by atoms with E-state index in [0.717, 1.165) is 0 Å². The molecule has 5 heteroatoms. The highest BCUT2D eigenvalue weighted by Crippen LogP contribution is 2.21. The van der Waals surface area contributed by atoms with Gasteiger partial charge in [0.1, 0.15) is 5.65 Å². The maximum absolute atomic E-state index is 12.8. The molecule has 0 amide bonds. The largest absolute Gasteiger partial charge is 0.478 e. The Hall–Kier alpha value is -3.21. The second-order valence-electron chi connectivity index (χ2n) is 5.01. The molecule has 0 unspecified atom stereocenters. The van der Waals surface area contributed by atoms with Crippen molar-refractivity contribution in [2.75, 3.05) is 0 Å². The number of pyridine rings is 1. The van der Waals surface area contributed by atoms with Gasteiger partial charge in [-0.1, -0.05) is 30.3 Å². The molecule has 4 aromatic rings. The minimum Gasteiger partial charge on any atom is -0.478 e. The van der Waals surface area contributed by atoms with Gasteiger partial charge in [-0.05, 0) is 24.3 Å². The predicted molar refractivity (Wildman–Crippen MR) is 83.4 cm³/mol. The van der Waals surface area contributed by atoms with E-state index in [1.807, 2.05) is 0 Å². The van der Waals surface area contributed by atoms with Gasteiger partial charge in [0.15, 0.2) is 0 Å². The van der Waals surface area contributed by atoms with Crippen LogP contribution in [-0.2, 0) is 0 Å². The molecule has 5 nitrogen and oxygen atoms in total. The second kappa shape index (κ2) is 4.39. The van der Waals surface area contributed by atoms with Gasteiger partial charge in [0, 0.05) is 5.39 Å². The third kappa shape index (κ3) is 1.62. The van der Waals surface area contributed by atoms with E-state index >= 15 is 0 Å². The minimum absolute atomic E-state index is 0.137. The van der Waals surface area contributed by atoms with Crippen molar-refractivity contribution >= 4 is 33.4 Å². The highest BCUT2D eigenvalue weighted by Gasteiger charge is 2.14. The number of benzene rings is 2. The van der Waals surface area contributed by atoms with Crippen molar-refractivity contribution in [3.05, 3.63) is 70.5 Å². The van der Waals surface area contributed by atoms with Crippen LogP contribution in [0.2, 0.25) is 0 Å². The van der Waals surface area contributed by atoms with Crippen LogP contribution in [0, 0.1) is 0 Å². The zero-order chi connectivity index (χ0) is 15.3. The smallest absolute Gasteiger partial charge is 0.336 e. The molecule has 1 N–H and O–H groups in total. The highest BCUT2D eigenvalue weighted by molar-refractivity contribution is 6.04. The molecule has 0 bridgehead atoms. The zero-order valence-corrected chi connectivity index (χ0v) is 11.4. The van der Waals surface area contributed by atoms with Crippen molar-refractivity contribution in [2.24, 2.45) is 0 Å². The number of rotatable bonds is 1. The lowest BCUT2D eigenvalue weighted by Gasteiger charge is -2.09. The van der Waals surface area contributed by atoms with E-state index in [-0.39, 0.29) is 11.1 Å². The summed E-state index contributed by atoms with van der Waals surface area (Å²) >= 11 is 0. The van der Waals surface area contributed by atoms with E-state index in [1.165, 1.54) is 10.5 Å². The average Bonchev–Trinajstić information content (AvgIpc) is 2.54. The van der Waals surface area contributed by atoms with Gasteiger partial charge in [0.25, 0.3) is 5.56 Å². The van der Waals surface area contributed by atoms with Crippen LogP contribution >= 0.6 is 0 Å². The fourth-order valence-corrected chi connectivity index (χ4v) is 2.76. The Kier molecular flexibility index (Phi) is 2.50. The lowest BCUT2D eigenvalue weighted by atomic mass is 10.1. The van der Waals surface area contributed by atoms with Gasteiger partial charge < -0.3 is 5.11 Å². The first-order valence-corrected chi connectivity index (χ1v) is 6.73. The molecule has 0 aliphatic heterocycles. The van der Waals surface area contributed by atoms with Crippen molar-refractivity contribution in [3.63, 3.8) is 0 Å². The molecular weight excluding hydrogens is 280 g/mol. The summed E-state index contributed by atoms with van der Waals surface area (Å²) in [4.78, 5) is 28.7. The maximum Gasteiger partial charge on any atom is 0.336 e.